The van der Waals surface area contributed by atoms with Crippen LogP contribution in [-0.2, 0) is 16.0 Å². The van der Waals surface area contributed by atoms with E-state index in [0.717, 1.165) is 5.56 Å². The number of nitrogens with zero attached hydrogens (tertiary/aromatic N) is 2. The van der Waals surface area contributed by atoms with Crippen molar-refractivity contribution in [1.29, 1.82) is 0 Å². The SMILES string of the molecule is COc1ccc(-c2nc(-c3cc(OC)c(OC)c(OC)c3)n(Cc3ccc(C(=O)NCCOCCOCCN)cc3)c2-c2ccc(OC)cc2F)c(F)c1. The van der Waals surface area contributed by atoms with E-state index in [9.17, 15) is 4.79 Å². The van der Waals surface area contributed by atoms with Crippen molar-refractivity contribution in [1.82, 2.24) is 14.9 Å². The Morgan fingerprint density at radius 1 is 0.722 bits per heavy atom. The standard InChI is InChI=1S/C40H44F2N4O8/c1-48-28-10-12-30(32(41)22-28)36-37(31-13-11-29(49-2)23-33(31)42)46(39(45-36)27-20-34(50-3)38(52-5)35(21-27)51-4)24-25-6-8-26(9-7-25)40(47)44-15-17-54-19-18-53-16-14-43/h6-13,20-23H,14-19,24,43H2,1-5H3,(H,44,47). The quantitative estimate of drug-likeness (QED) is 0.0973. The van der Waals surface area contributed by atoms with Crippen molar-refractivity contribution in [3.8, 4) is 62.7 Å². The summed E-state index contributed by atoms with van der Waals surface area (Å²) in [6, 6.07) is 19.2. The van der Waals surface area contributed by atoms with Crippen LogP contribution in [0, 0.1) is 11.6 Å². The van der Waals surface area contributed by atoms with E-state index in [1.54, 1.807) is 65.2 Å². The minimum absolute atomic E-state index is 0.118. The number of ether oxygens (including phenoxy) is 7. The van der Waals surface area contributed by atoms with Gasteiger partial charge in [0.2, 0.25) is 5.75 Å². The monoisotopic (exact) mass is 746 g/mol. The zero-order chi connectivity index (χ0) is 38.6. The number of nitrogens with one attached hydrogen (secondary N) is 1. The third-order valence-corrected chi connectivity index (χ3v) is 8.48. The number of nitrogens with two attached hydrogens (primary N) is 1. The summed E-state index contributed by atoms with van der Waals surface area (Å²) in [5.74, 6) is 0.536. The lowest BCUT2D eigenvalue weighted by atomic mass is 10.0. The summed E-state index contributed by atoms with van der Waals surface area (Å²) in [6.07, 6.45) is 0. The first-order valence-corrected chi connectivity index (χ1v) is 17.1. The van der Waals surface area contributed by atoms with Crippen LogP contribution in [0.25, 0.3) is 33.9 Å². The number of hydrogen-bond acceptors (Lipinski definition) is 10. The highest BCUT2D eigenvalue weighted by molar-refractivity contribution is 5.94. The summed E-state index contributed by atoms with van der Waals surface area (Å²) in [4.78, 5) is 17.9. The van der Waals surface area contributed by atoms with Crippen molar-refractivity contribution < 1.29 is 46.7 Å². The molecule has 1 amide bonds. The first-order chi connectivity index (χ1) is 26.3. The number of carbonyl (C=O) groups excluding carboxylic acids is 1. The van der Waals surface area contributed by atoms with Gasteiger partial charge in [-0.15, -0.1) is 0 Å². The van der Waals surface area contributed by atoms with Crippen LogP contribution < -0.4 is 34.7 Å². The van der Waals surface area contributed by atoms with Crippen LogP contribution in [0.15, 0.2) is 72.8 Å². The summed E-state index contributed by atoms with van der Waals surface area (Å²) in [5.41, 5.74) is 7.83. The molecule has 0 fully saturated rings. The lowest BCUT2D eigenvalue weighted by molar-refractivity contribution is 0.0511. The fraction of sp³-hybridized carbons (Fsp3) is 0.300. The van der Waals surface area contributed by atoms with Gasteiger partial charge in [-0.05, 0) is 54.1 Å². The number of imidazole rings is 1. The average Bonchev–Trinajstić information content (AvgIpc) is 3.56. The van der Waals surface area contributed by atoms with E-state index in [1.807, 2.05) is 0 Å². The number of aromatic nitrogens is 2. The van der Waals surface area contributed by atoms with Gasteiger partial charge in [-0.25, -0.2) is 13.8 Å². The molecule has 5 rings (SSSR count). The Kier molecular flexibility index (Phi) is 13.8. The smallest absolute Gasteiger partial charge is 0.251 e. The van der Waals surface area contributed by atoms with E-state index in [2.05, 4.69) is 5.32 Å². The second kappa shape index (κ2) is 18.9. The van der Waals surface area contributed by atoms with Crippen molar-refractivity contribution in [2.24, 2.45) is 5.73 Å². The highest BCUT2D eigenvalue weighted by Gasteiger charge is 2.27. The van der Waals surface area contributed by atoms with Gasteiger partial charge in [0.05, 0.1) is 67.7 Å². The molecule has 0 aliphatic heterocycles. The summed E-state index contributed by atoms with van der Waals surface area (Å²) >= 11 is 0. The van der Waals surface area contributed by atoms with Crippen LogP contribution >= 0.6 is 0 Å². The molecule has 12 nitrogen and oxygen atoms in total. The molecule has 4 aromatic carbocycles. The molecule has 0 aliphatic carbocycles. The van der Waals surface area contributed by atoms with E-state index in [0.29, 0.717) is 90.9 Å². The maximum absolute atomic E-state index is 16.1. The number of hydrogen-bond donors (Lipinski definition) is 2. The maximum atomic E-state index is 16.1. The summed E-state index contributed by atoms with van der Waals surface area (Å²) < 4.78 is 71.9. The van der Waals surface area contributed by atoms with Gasteiger partial charge in [-0.1, -0.05) is 12.1 Å². The fourth-order valence-corrected chi connectivity index (χ4v) is 5.82. The average molecular weight is 747 g/mol. The Balaban J connectivity index is 1.60. The van der Waals surface area contributed by atoms with E-state index in [4.69, 9.17) is 43.9 Å². The number of carbonyl (C=O) groups is 1. The summed E-state index contributed by atoms with van der Waals surface area (Å²) in [7, 11) is 7.37. The zero-order valence-electron chi connectivity index (χ0n) is 30.9. The van der Waals surface area contributed by atoms with Crippen LogP contribution in [0.3, 0.4) is 0 Å². The van der Waals surface area contributed by atoms with Crippen molar-refractivity contribution in [2.45, 2.75) is 6.54 Å². The maximum Gasteiger partial charge on any atom is 0.251 e. The molecule has 0 saturated carbocycles. The van der Waals surface area contributed by atoms with Crippen molar-refractivity contribution >= 4 is 5.91 Å². The third-order valence-electron chi connectivity index (χ3n) is 8.48. The lowest BCUT2D eigenvalue weighted by Gasteiger charge is -2.17. The van der Waals surface area contributed by atoms with Gasteiger partial charge in [0.1, 0.15) is 34.7 Å². The first-order valence-electron chi connectivity index (χ1n) is 17.1. The highest BCUT2D eigenvalue weighted by atomic mass is 19.1. The topological polar surface area (TPSA) is 138 Å². The minimum Gasteiger partial charge on any atom is -0.497 e. The van der Waals surface area contributed by atoms with Crippen molar-refractivity contribution in [2.75, 3.05) is 75.1 Å². The molecule has 286 valence electrons. The lowest BCUT2D eigenvalue weighted by Crippen LogP contribution is -2.27. The normalized spacial score (nSPS) is 11.0. The molecule has 0 spiro atoms. The third kappa shape index (κ3) is 9.08. The van der Waals surface area contributed by atoms with E-state index in [1.165, 1.54) is 47.7 Å². The Morgan fingerprint density at radius 2 is 1.31 bits per heavy atom. The number of amides is 1. The van der Waals surface area contributed by atoms with Crippen LogP contribution in [0.2, 0.25) is 0 Å². The zero-order valence-corrected chi connectivity index (χ0v) is 30.9. The molecule has 5 aromatic rings. The first kappa shape index (κ1) is 39.5. The van der Waals surface area contributed by atoms with Crippen molar-refractivity contribution in [3.63, 3.8) is 0 Å². The molecular formula is C40H44F2N4O8. The Bertz CT molecular complexity index is 2010. The number of methoxy groups -OCH3 is 5. The molecule has 1 heterocycles. The second-order valence-electron chi connectivity index (χ2n) is 11.8. The Morgan fingerprint density at radius 3 is 1.85 bits per heavy atom. The molecule has 0 saturated heterocycles. The summed E-state index contributed by atoms with van der Waals surface area (Å²) in [6.45, 7) is 2.50. The van der Waals surface area contributed by atoms with Crippen LogP contribution in [-0.4, -0.2) is 90.5 Å². The fourth-order valence-electron chi connectivity index (χ4n) is 5.82. The predicted molar refractivity (Wildman–Crippen MR) is 200 cm³/mol. The molecule has 0 bridgehead atoms. The van der Waals surface area contributed by atoms with Crippen LogP contribution in [0.1, 0.15) is 15.9 Å². The Labute approximate surface area is 312 Å². The van der Waals surface area contributed by atoms with E-state index in [-0.39, 0.29) is 29.3 Å². The second-order valence-corrected chi connectivity index (χ2v) is 11.8. The summed E-state index contributed by atoms with van der Waals surface area (Å²) in [5, 5.41) is 2.84. The molecule has 14 heteroatoms. The molecule has 0 atom stereocenters. The number of halogens is 2. The highest BCUT2D eigenvalue weighted by Crippen LogP contribution is 2.44. The molecule has 0 aliphatic rings. The van der Waals surface area contributed by atoms with Crippen molar-refractivity contribution in [3.05, 3.63) is 95.6 Å². The largest absolute Gasteiger partial charge is 0.497 e. The minimum atomic E-state index is -0.619. The van der Waals surface area contributed by atoms with Gasteiger partial charge in [-0.3, -0.25) is 4.79 Å². The van der Waals surface area contributed by atoms with Crippen LogP contribution in [0.4, 0.5) is 8.78 Å². The molecule has 1 aromatic heterocycles. The van der Waals surface area contributed by atoms with Gasteiger partial charge in [-0.2, -0.15) is 0 Å². The molecule has 0 unspecified atom stereocenters. The molecule has 54 heavy (non-hydrogen) atoms. The number of rotatable bonds is 19. The number of benzene rings is 4. The Hall–Kier alpha value is -5.70. The van der Waals surface area contributed by atoms with Crippen LogP contribution in [0.5, 0.6) is 28.7 Å². The molecule has 3 N–H and O–H groups in total. The van der Waals surface area contributed by atoms with Gasteiger partial charge in [0.25, 0.3) is 5.91 Å². The van der Waals surface area contributed by atoms with E-state index < -0.39 is 11.6 Å². The predicted octanol–water partition coefficient (Wildman–Crippen LogP) is 5.98. The molecule has 0 radical (unpaired) electrons. The van der Waals surface area contributed by atoms with Gasteiger partial charge < -0.3 is 48.8 Å². The van der Waals surface area contributed by atoms with Gasteiger partial charge in [0, 0.05) is 54.0 Å². The molecular weight excluding hydrogens is 702 g/mol. The van der Waals surface area contributed by atoms with Gasteiger partial charge >= 0.3 is 0 Å². The van der Waals surface area contributed by atoms with E-state index >= 15 is 8.78 Å². The van der Waals surface area contributed by atoms with Gasteiger partial charge in [0.15, 0.2) is 11.5 Å².